The summed E-state index contributed by atoms with van der Waals surface area (Å²) in [5, 5.41) is 3.53. The monoisotopic (exact) mass is 205 g/mol. The fourth-order valence-corrected chi connectivity index (χ4v) is 1.98. The standard InChI is InChI=1S/C13H19NO/c1-10-3-5-13(6-4-10)14-11(2)12-7-8-15-9-12/h3-6,11-12,14H,7-9H2,1-2H3. The lowest BCUT2D eigenvalue weighted by Crippen LogP contribution is -2.25. The van der Waals surface area contributed by atoms with Gasteiger partial charge in [0.2, 0.25) is 0 Å². The van der Waals surface area contributed by atoms with Crippen molar-refractivity contribution in [2.75, 3.05) is 18.5 Å². The van der Waals surface area contributed by atoms with Crippen molar-refractivity contribution in [2.45, 2.75) is 26.3 Å². The average Bonchev–Trinajstić information content (AvgIpc) is 2.74. The molecule has 1 aromatic rings. The molecule has 1 aliphatic heterocycles. The van der Waals surface area contributed by atoms with Gasteiger partial charge in [0, 0.05) is 24.3 Å². The molecule has 2 atom stereocenters. The second kappa shape index (κ2) is 4.67. The minimum absolute atomic E-state index is 0.496. The zero-order valence-corrected chi connectivity index (χ0v) is 9.49. The van der Waals surface area contributed by atoms with Gasteiger partial charge < -0.3 is 10.1 Å². The summed E-state index contributed by atoms with van der Waals surface area (Å²) >= 11 is 0. The number of nitrogens with one attached hydrogen (secondary N) is 1. The minimum atomic E-state index is 0.496. The highest BCUT2D eigenvalue weighted by Crippen LogP contribution is 2.20. The summed E-state index contributed by atoms with van der Waals surface area (Å²) in [6.45, 7) is 6.17. The van der Waals surface area contributed by atoms with E-state index in [2.05, 4.69) is 43.4 Å². The van der Waals surface area contributed by atoms with Gasteiger partial charge in [-0.3, -0.25) is 0 Å². The summed E-state index contributed by atoms with van der Waals surface area (Å²) in [7, 11) is 0. The largest absolute Gasteiger partial charge is 0.382 e. The van der Waals surface area contributed by atoms with E-state index in [-0.39, 0.29) is 0 Å². The highest BCUT2D eigenvalue weighted by atomic mass is 16.5. The van der Waals surface area contributed by atoms with E-state index in [0.29, 0.717) is 12.0 Å². The van der Waals surface area contributed by atoms with Gasteiger partial charge in [0.1, 0.15) is 0 Å². The Morgan fingerprint density at radius 1 is 1.33 bits per heavy atom. The molecule has 0 aliphatic carbocycles. The summed E-state index contributed by atoms with van der Waals surface area (Å²) in [6.07, 6.45) is 1.18. The predicted molar refractivity (Wildman–Crippen MR) is 63.2 cm³/mol. The Bertz CT molecular complexity index is 301. The van der Waals surface area contributed by atoms with Crippen LogP contribution in [0.2, 0.25) is 0 Å². The Morgan fingerprint density at radius 3 is 2.67 bits per heavy atom. The van der Waals surface area contributed by atoms with E-state index in [1.54, 1.807) is 0 Å². The van der Waals surface area contributed by atoms with Crippen molar-refractivity contribution >= 4 is 5.69 Å². The maximum Gasteiger partial charge on any atom is 0.0514 e. The van der Waals surface area contributed by atoms with Crippen LogP contribution in [0.3, 0.4) is 0 Å². The molecule has 1 fully saturated rings. The molecule has 0 saturated carbocycles. The number of ether oxygens (including phenoxy) is 1. The number of aryl methyl sites for hydroxylation is 1. The molecule has 1 heterocycles. The zero-order valence-electron chi connectivity index (χ0n) is 9.49. The third kappa shape index (κ3) is 2.72. The first-order valence-corrected chi connectivity index (χ1v) is 5.66. The van der Waals surface area contributed by atoms with Crippen LogP contribution in [0.25, 0.3) is 0 Å². The molecule has 2 nitrogen and oxygen atoms in total. The van der Waals surface area contributed by atoms with Crippen molar-refractivity contribution in [1.82, 2.24) is 0 Å². The van der Waals surface area contributed by atoms with Gasteiger partial charge >= 0.3 is 0 Å². The van der Waals surface area contributed by atoms with E-state index in [0.717, 1.165) is 13.2 Å². The number of benzene rings is 1. The van der Waals surface area contributed by atoms with Gasteiger partial charge in [-0.25, -0.2) is 0 Å². The molecule has 2 rings (SSSR count). The molecule has 0 radical (unpaired) electrons. The van der Waals surface area contributed by atoms with Crippen LogP contribution in [0, 0.1) is 12.8 Å². The molecule has 0 amide bonds. The lowest BCUT2D eigenvalue weighted by Gasteiger charge is -2.20. The van der Waals surface area contributed by atoms with Gasteiger partial charge in [-0.15, -0.1) is 0 Å². The second-order valence-electron chi connectivity index (χ2n) is 4.42. The van der Waals surface area contributed by atoms with E-state index < -0.39 is 0 Å². The van der Waals surface area contributed by atoms with Crippen LogP contribution in [0.4, 0.5) is 5.69 Å². The molecule has 1 aromatic carbocycles. The fraction of sp³-hybridized carbons (Fsp3) is 0.538. The number of rotatable bonds is 3. The first-order valence-electron chi connectivity index (χ1n) is 5.66. The summed E-state index contributed by atoms with van der Waals surface area (Å²) in [5.41, 5.74) is 2.51. The first-order chi connectivity index (χ1) is 7.25. The molecule has 15 heavy (non-hydrogen) atoms. The summed E-state index contributed by atoms with van der Waals surface area (Å²) in [6, 6.07) is 9.05. The Balaban J connectivity index is 1.92. The van der Waals surface area contributed by atoms with Crippen molar-refractivity contribution in [3.8, 4) is 0 Å². The van der Waals surface area contributed by atoms with E-state index in [9.17, 15) is 0 Å². The van der Waals surface area contributed by atoms with Crippen LogP contribution >= 0.6 is 0 Å². The van der Waals surface area contributed by atoms with Gasteiger partial charge in [-0.1, -0.05) is 17.7 Å². The van der Waals surface area contributed by atoms with E-state index >= 15 is 0 Å². The smallest absolute Gasteiger partial charge is 0.0514 e. The second-order valence-corrected chi connectivity index (χ2v) is 4.42. The molecular formula is C13H19NO. The van der Waals surface area contributed by atoms with E-state index in [1.165, 1.54) is 17.7 Å². The summed E-state index contributed by atoms with van der Waals surface area (Å²) in [4.78, 5) is 0. The Hall–Kier alpha value is -1.02. The lowest BCUT2D eigenvalue weighted by molar-refractivity contribution is 0.183. The molecule has 0 aromatic heterocycles. The molecule has 1 saturated heterocycles. The van der Waals surface area contributed by atoms with E-state index in [1.807, 2.05) is 0 Å². The van der Waals surface area contributed by atoms with Crippen molar-refractivity contribution < 1.29 is 4.74 Å². The van der Waals surface area contributed by atoms with Gasteiger partial charge in [-0.05, 0) is 32.4 Å². The Kier molecular flexibility index (Phi) is 3.27. The van der Waals surface area contributed by atoms with Crippen molar-refractivity contribution in [3.63, 3.8) is 0 Å². The van der Waals surface area contributed by atoms with Crippen LogP contribution in [-0.2, 0) is 4.74 Å². The summed E-state index contributed by atoms with van der Waals surface area (Å²) < 4.78 is 5.40. The number of hydrogen-bond donors (Lipinski definition) is 1. The average molecular weight is 205 g/mol. The quantitative estimate of drug-likeness (QED) is 0.819. The lowest BCUT2D eigenvalue weighted by atomic mass is 10.0. The van der Waals surface area contributed by atoms with Gasteiger partial charge in [0.15, 0.2) is 0 Å². The summed E-state index contributed by atoms with van der Waals surface area (Å²) in [5.74, 6) is 0.659. The van der Waals surface area contributed by atoms with Crippen LogP contribution in [0.5, 0.6) is 0 Å². The molecular weight excluding hydrogens is 186 g/mol. The maximum absolute atomic E-state index is 5.40. The van der Waals surface area contributed by atoms with E-state index in [4.69, 9.17) is 4.74 Å². The first kappa shape index (κ1) is 10.5. The predicted octanol–water partition coefficient (Wildman–Crippen LogP) is 2.83. The number of hydrogen-bond acceptors (Lipinski definition) is 2. The van der Waals surface area contributed by atoms with Gasteiger partial charge in [0.05, 0.1) is 6.61 Å². The molecule has 1 aliphatic rings. The topological polar surface area (TPSA) is 21.3 Å². The van der Waals surface area contributed by atoms with Gasteiger partial charge in [-0.2, -0.15) is 0 Å². The maximum atomic E-state index is 5.40. The van der Waals surface area contributed by atoms with Crippen molar-refractivity contribution in [3.05, 3.63) is 29.8 Å². The fourth-order valence-electron chi connectivity index (χ4n) is 1.98. The van der Waals surface area contributed by atoms with Gasteiger partial charge in [0.25, 0.3) is 0 Å². The normalized spacial score (nSPS) is 22.7. The molecule has 1 N–H and O–H groups in total. The van der Waals surface area contributed by atoms with Crippen LogP contribution < -0.4 is 5.32 Å². The Morgan fingerprint density at radius 2 is 2.07 bits per heavy atom. The minimum Gasteiger partial charge on any atom is -0.382 e. The third-order valence-corrected chi connectivity index (χ3v) is 3.12. The molecule has 0 bridgehead atoms. The zero-order chi connectivity index (χ0) is 10.7. The molecule has 82 valence electrons. The molecule has 2 unspecified atom stereocenters. The molecule has 0 spiro atoms. The number of anilines is 1. The third-order valence-electron chi connectivity index (χ3n) is 3.12. The van der Waals surface area contributed by atoms with Crippen LogP contribution in [0.1, 0.15) is 18.9 Å². The Labute approximate surface area is 91.6 Å². The van der Waals surface area contributed by atoms with Crippen LogP contribution in [-0.4, -0.2) is 19.3 Å². The molecule has 2 heteroatoms. The van der Waals surface area contributed by atoms with Crippen molar-refractivity contribution in [1.29, 1.82) is 0 Å². The highest BCUT2D eigenvalue weighted by molar-refractivity contribution is 5.45. The highest BCUT2D eigenvalue weighted by Gasteiger charge is 2.21. The van der Waals surface area contributed by atoms with Crippen molar-refractivity contribution in [2.24, 2.45) is 5.92 Å². The SMILES string of the molecule is Cc1ccc(NC(C)C2CCOC2)cc1. The van der Waals surface area contributed by atoms with Crippen LogP contribution in [0.15, 0.2) is 24.3 Å².